The van der Waals surface area contributed by atoms with Crippen LogP contribution in [0.15, 0.2) is 49.1 Å². The van der Waals surface area contributed by atoms with Crippen molar-refractivity contribution in [1.82, 2.24) is 0 Å². The van der Waals surface area contributed by atoms with Gasteiger partial charge < -0.3 is 15.4 Å². The minimum atomic E-state index is -0.497. The fourth-order valence-electron chi connectivity index (χ4n) is 2.69. The van der Waals surface area contributed by atoms with Gasteiger partial charge >= 0.3 is 5.97 Å². The highest BCUT2D eigenvalue weighted by atomic mass is 16.5. The Hall–Kier alpha value is -2.89. The Morgan fingerprint density at radius 2 is 1.64 bits per heavy atom. The van der Waals surface area contributed by atoms with Crippen molar-refractivity contribution in [3.8, 4) is 0 Å². The molecular weight excluding hydrogens is 320 g/mol. The largest absolute Gasteiger partial charge is 0.461 e. The van der Waals surface area contributed by atoms with Crippen molar-refractivity contribution in [2.45, 2.75) is 19.8 Å². The van der Waals surface area contributed by atoms with Gasteiger partial charge in [0, 0.05) is 18.3 Å². The third kappa shape index (κ3) is 5.31. The Bertz CT molecular complexity index is 679. The number of nitrogens with one attached hydrogen (secondary N) is 2. The molecule has 1 aliphatic rings. The summed E-state index contributed by atoms with van der Waals surface area (Å²) >= 11 is 0. The third-order valence-corrected chi connectivity index (χ3v) is 3.89. The molecule has 2 amide bonds. The molecular formula is C19H22N2O4. The molecule has 6 nitrogen and oxygen atoms in total. The van der Waals surface area contributed by atoms with Crippen LogP contribution in [-0.2, 0) is 19.1 Å². The molecule has 0 spiro atoms. The number of carbonyl (C=O) groups excluding carboxylic acids is 3. The molecule has 2 unspecified atom stereocenters. The van der Waals surface area contributed by atoms with Gasteiger partial charge in [0.1, 0.15) is 6.61 Å². The first-order valence-corrected chi connectivity index (χ1v) is 8.12. The van der Waals surface area contributed by atoms with Gasteiger partial charge in [-0.3, -0.25) is 14.4 Å². The monoisotopic (exact) mass is 342 g/mol. The van der Waals surface area contributed by atoms with Crippen molar-refractivity contribution in [3.63, 3.8) is 0 Å². The zero-order valence-corrected chi connectivity index (χ0v) is 14.2. The van der Waals surface area contributed by atoms with E-state index in [2.05, 4.69) is 17.2 Å². The summed E-state index contributed by atoms with van der Waals surface area (Å²) in [6, 6.07) is 6.81. The van der Waals surface area contributed by atoms with Gasteiger partial charge in [0.25, 0.3) is 0 Å². The van der Waals surface area contributed by atoms with Crippen molar-refractivity contribution in [2.75, 3.05) is 17.2 Å². The van der Waals surface area contributed by atoms with E-state index in [1.54, 1.807) is 24.3 Å². The van der Waals surface area contributed by atoms with E-state index in [9.17, 15) is 14.4 Å². The number of carbonyl (C=O) groups is 3. The van der Waals surface area contributed by atoms with Gasteiger partial charge in [-0.05, 0) is 37.1 Å². The first-order valence-electron chi connectivity index (χ1n) is 8.12. The number of rotatable bonds is 6. The fraction of sp³-hybridized carbons (Fsp3) is 0.316. The predicted octanol–water partition coefficient (Wildman–Crippen LogP) is 2.90. The average molecular weight is 342 g/mol. The molecule has 2 rings (SSSR count). The standard InChI is InChI=1S/C19H22N2O4/c1-3-12-25-19(24)17-7-5-4-6-16(17)18(23)21-15-10-8-14(9-11-15)20-13(2)22/h3-5,8-11,16-17H,1,6-7,12H2,2H3,(H,20,22)(H,21,23). The molecule has 0 aliphatic heterocycles. The Morgan fingerprint density at radius 1 is 1.08 bits per heavy atom. The maximum absolute atomic E-state index is 12.6. The molecule has 1 aromatic carbocycles. The summed E-state index contributed by atoms with van der Waals surface area (Å²) in [5.41, 5.74) is 1.25. The Labute approximate surface area is 146 Å². The number of esters is 1. The minimum Gasteiger partial charge on any atom is -0.461 e. The van der Waals surface area contributed by atoms with Crippen LogP contribution in [0.1, 0.15) is 19.8 Å². The molecule has 1 aliphatic carbocycles. The van der Waals surface area contributed by atoms with Crippen LogP contribution in [0, 0.1) is 11.8 Å². The molecule has 1 aromatic rings. The number of anilines is 2. The van der Waals surface area contributed by atoms with Crippen LogP contribution in [0.25, 0.3) is 0 Å². The van der Waals surface area contributed by atoms with Gasteiger partial charge in [-0.2, -0.15) is 0 Å². The summed E-state index contributed by atoms with van der Waals surface area (Å²) in [6.07, 6.45) is 6.27. The van der Waals surface area contributed by atoms with Gasteiger partial charge in [0.15, 0.2) is 0 Å². The van der Waals surface area contributed by atoms with E-state index in [1.807, 2.05) is 12.2 Å². The van der Waals surface area contributed by atoms with E-state index >= 15 is 0 Å². The lowest BCUT2D eigenvalue weighted by atomic mass is 9.82. The first kappa shape index (κ1) is 18.4. The molecule has 0 saturated carbocycles. The molecule has 2 atom stereocenters. The topological polar surface area (TPSA) is 84.5 Å². The molecule has 0 bridgehead atoms. The maximum Gasteiger partial charge on any atom is 0.310 e. The van der Waals surface area contributed by atoms with Crippen molar-refractivity contribution >= 4 is 29.2 Å². The lowest BCUT2D eigenvalue weighted by Gasteiger charge is -2.25. The summed E-state index contributed by atoms with van der Waals surface area (Å²) in [5, 5.41) is 5.48. The average Bonchev–Trinajstić information content (AvgIpc) is 2.61. The highest BCUT2D eigenvalue weighted by Crippen LogP contribution is 2.28. The summed E-state index contributed by atoms with van der Waals surface area (Å²) in [7, 11) is 0. The minimum absolute atomic E-state index is 0.137. The number of hydrogen-bond acceptors (Lipinski definition) is 4. The van der Waals surface area contributed by atoms with E-state index in [1.165, 1.54) is 13.0 Å². The molecule has 25 heavy (non-hydrogen) atoms. The summed E-state index contributed by atoms with van der Waals surface area (Å²) in [6.45, 7) is 5.08. The molecule has 0 heterocycles. The molecule has 2 N–H and O–H groups in total. The van der Waals surface area contributed by atoms with Crippen molar-refractivity contribution in [1.29, 1.82) is 0 Å². The smallest absolute Gasteiger partial charge is 0.310 e. The number of amides is 2. The number of benzene rings is 1. The molecule has 0 aromatic heterocycles. The van der Waals surface area contributed by atoms with Gasteiger partial charge in [-0.1, -0.05) is 24.8 Å². The fourth-order valence-corrected chi connectivity index (χ4v) is 2.69. The third-order valence-electron chi connectivity index (χ3n) is 3.89. The summed E-state index contributed by atoms with van der Waals surface area (Å²) < 4.78 is 5.10. The van der Waals surface area contributed by atoms with Crippen LogP contribution in [0.5, 0.6) is 0 Å². The number of allylic oxidation sites excluding steroid dienone is 2. The number of ether oxygens (including phenoxy) is 1. The second kappa shape index (κ2) is 8.82. The number of hydrogen-bond donors (Lipinski definition) is 2. The lowest BCUT2D eigenvalue weighted by molar-refractivity contribution is -0.151. The Balaban J connectivity index is 2.02. The van der Waals surface area contributed by atoms with Crippen molar-refractivity contribution in [3.05, 3.63) is 49.1 Å². The highest BCUT2D eigenvalue weighted by molar-refractivity contribution is 5.96. The summed E-state index contributed by atoms with van der Waals surface area (Å²) in [4.78, 5) is 35.7. The van der Waals surface area contributed by atoms with Crippen LogP contribution in [-0.4, -0.2) is 24.4 Å². The van der Waals surface area contributed by atoms with E-state index < -0.39 is 11.8 Å². The molecule has 0 fully saturated rings. The van der Waals surface area contributed by atoms with E-state index in [4.69, 9.17) is 4.74 Å². The molecule has 0 radical (unpaired) electrons. The van der Waals surface area contributed by atoms with Crippen LogP contribution >= 0.6 is 0 Å². The molecule has 0 saturated heterocycles. The van der Waals surface area contributed by atoms with Gasteiger partial charge in [0.05, 0.1) is 11.8 Å². The predicted molar refractivity (Wildman–Crippen MR) is 95.9 cm³/mol. The van der Waals surface area contributed by atoms with Crippen LogP contribution in [0.4, 0.5) is 11.4 Å². The van der Waals surface area contributed by atoms with E-state index in [0.29, 0.717) is 24.2 Å². The Kier molecular flexibility index (Phi) is 6.51. The molecule has 6 heteroatoms. The van der Waals surface area contributed by atoms with Crippen molar-refractivity contribution < 1.29 is 19.1 Å². The van der Waals surface area contributed by atoms with Crippen molar-refractivity contribution in [2.24, 2.45) is 11.8 Å². The second-order valence-corrected chi connectivity index (χ2v) is 5.82. The highest BCUT2D eigenvalue weighted by Gasteiger charge is 2.35. The van der Waals surface area contributed by atoms with Crippen LogP contribution in [0.3, 0.4) is 0 Å². The SMILES string of the molecule is C=CCOC(=O)C1CC=CCC1C(=O)Nc1ccc(NC(C)=O)cc1. The van der Waals surface area contributed by atoms with Gasteiger partial charge in [0.2, 0.25) is 11.8 Å². The zero-order valence-electron chi connectivity index (χ0n) is 14.2. The van der Waals surface area contributed by atoms with E-state index in [0.717, 1.165) is 0 Å². The normalized spacial score (nSPS) is 18.9. The van der Waals surface area contributed by atoms with Gasteiger partial charge in [-0.15, -0.1) is 0 Å². The second-order valence-electron chi connectivity index (χ2n) is 5.82. The van der Waals surface area contributed by atoms with E-state index in [-0.39, 0.29) is 24.4 Å². The lowest BCUT2D eigenvalue weighted by Crippen LogP contribution is -2.35. The maximum atomic E-state index is 12.6. The summed E-state index contributed by atoms with van der Waals surface area (Å²) in [5.74, 6) is -1.74. The first-order chi connectivity index (χ1) is 12.0. The van der Waals surface area contributed by atoms with Gasteiger partial charge in [-0.25, -0.2) is 0 Å². The van der Waals surface area contributed by atoms with Crippen LogP contribution in [0.2, 0.25) is 0 Å². The zero-order chi connectivity index (χ0) is 18.2. The quantitative estimate of drug-likeness (QED) is 0.615. The van der Waals surface area contributed by atoms with Crippen LogP contribution < -0.4 is 10.6 Å². The molecule has 132 valence electrons. The Morgan fingerprint density at radius 3 is 2.20 bits per heavy atom.